The summed E-state index contributed by atoms with van der Waals surface area (Å²) < 4.78 is 21.2. The topological polar surface area (TPSA) is 54.0 Å². The molecule has 0 atom stereocenters. The van der Waals surface area contributed by atoms with Crippen molar-refractivity contribution in [1.29, 1.82) is 0 Å². The minimum atomic E-state index is -0.0912. The van der Waals surface area contributed by atoms with Crippen LogP contribution in [0.1, 0.15) is 15.9 Å². The second kappa shape index (κ2) is 8.48. The SMILES string of the molecule is COc1ccc(/C=C/C(=O)c2ccc3cc(OC)c(OC)cc3c2)cc1OC. The van der Waals surface area contributed by atoms with Crippen LogP contribution in [0, 0.1) is 0 Å². The van der Waals surface area contributed by atoms with E-state index in [9.17, 15) is 4.79 Å². The Morgan fingerprint density at radius 1 is 0.679 bits per heavy atom. The van der Waals surface area contributed by atoms with E-state index in [0.29, 0.717) is 28.6 Å². The van der Waals surface area contributed by atoms with Crippen LogP contribution in [0.2, 0.25) is 0 Å². The van der Waals surface area contributed by atoms with Crippen molar-refractivity contribution in [2.45, 2.75) is 0 Å². The average molecular weight is 378 g/mol. The van der Waals surface area contributed by atoms with E-state index in [1.54, 1.807) is 52.7 Å². The van der Waals surface area contributed by atoms with E-state index >= 15 is 0 Å². The molecule has 0 saturated carbocycles. The Hall–Kier alpha value is -3.47. The van der Waals surface area contributed by atoms with Crippen molar-refractivity contribution in [2.75, 3.05) is 28.4 Å². The molecule has 0 bridgehead atoms. The maximum atomic E-state index is 12.6. The Morgan fingerprint density at radius 2 is 1.29 bits per heavy atom. The number of methoxy groups -OCH3 is 4. The van der Waals surface area contributed by atoms with Crippen LogP contribution in [0.3, 0.4) is 0 Å². The molecule has 0 spiro atoms. The minimum Gasteiger partial charge on any atom is -0.493 e. The fourth-order valence-electron chi connectivity index (χ4n) is 2.95. The Bertz CT molecular complexity index is 1040. The Morgan fingerprint density at radius 3 is 1.93 bits per heavy atom. The molecule has 144 valence electrons. The maximum absolute atomic E-state index is 12.6. The highest BCUT2D eigenvalue weighted by molar-refractivity contribution is 6.08. The zero-order valence-corrected chi connectivity index (χ0v) is 16.3. The summed E-state index contributed by atoms with van der Waals surface area (Å²) in [7, 11) is 6.35. The van der Waals surface area contributed by atoms with E-state index in [1.807, 2.05) is 36.4 Å². The van der Waals surface area contributed by atoms with Gasteiger partial charge in [0, 0.05) is 5.56 Å². The quantitative estimate of drug-likeness (QED) is 0.438. The number of fused-ring (bicyclic) bond motifs is 1. The van der Waals surface area contributed by atoms with Crippen LogP contribution in [0.5, 0.6) is 23.0 Å². The molecule has 0 aliphatic carbocycles. The molecule has 3 aromatic rings. The zero-order chi connectivity index (χ0) is 20.1. The highest BCUT2D eigenvalue weighted by Gasteiger charge is 2.09. The number of hydrogen-bond donors (Lipinski definition) is 0. The summed E-state index contributed by atoms with van der Waals surface area (Å²) >= 11 is 0. The van der Waals surface area contributed by atoms with E-state index in [4.69, 9.17) is 18.9 Å². The summed E-state index contributed by atoms with van der Waals surface area (Å²) in [5, 5.41) is 1.88. The molecule has 28 heavy (non-hydrogen) atoms. The molecule has 0 amide bonds. The Labute approximate surface area is 164 Å². The molecular formula is C23H22O5. The van der Waals surface area contributed by atoms with E-state index < -0.39 is 0 Å². The molecule has 0 saturated heterocycles. The number of hydrogen-bond acceptors (Lipinski definition) is 5. The zero-order valence-electron chi connectivity index (χ0n) is 16.3. The van der Waals surface area contributed by atoms with Crippen LogP contribution < -0.4 is 18.9 Å². The van der Waals surface area contributed by atoms with Gasteiger partial charge >= 0.3 is 0 Å². The summed E-state index contributed by atoms with van der Waals surface area (Å²) in [5.41, 5.74) is 1.44. The number of carbonyl (C=O) groups is 1. The third-order valence-corrected chi connectivity index (χ3v) is 4.46. The number of ether oxygens (including phenoxy) is 4. The Kier molecular flexibility index (Phi) is 5.84. The van der Waals surface area contributed by atoms with Crippen molar-refractivity contribution in [3.63, 3.8) is 0 Å². The monoisotopic (exact) mass is 378 g/mol. The summed E-state index contributed by atoms with van der Waals surface area (Å²) in [6.45, 7) is 0. The molecule has 5 nitrogen and oxygen atoms in total. The van der Waals surface area contributed by atoms with Gasteiger partial charge in [-0.2, -0.15) is 0 Å². The van der Waals surface area contributed by atoms with Crippen LogP contribution in [-0.4, -0.2) is 34.2 Å². The number of ketones is 1. The lowest BCUT2D eigenvalue weighted by Crippen LogP contribution is -1.95. The molecule has 0 aliphatic heterocycles. The molecule has 0 aliphatic rings. The first-order valence-electron chi connectivity index (χ1n) is 8.70. The first-order chi connectivity index (χ1) is 13.6. The summed E-state index contributed by atoms with van der Waals surface area (Å²) in [4.78, 5) is 12.6. The maximum Gasteiger partial charge on any atom is 0.185 e. The molecule has 0 N–H and O–H groups in total. The number of benzene rings is 3. The van der Waals surface area contributed by atoms with Crippen molar-refractivity contribution >= 4 is 22.6 Å². The van der Waals surface area contributed by atoms with Crippen LogP contribution in [0.15, 0.2) is 54.6 Å². The first-order valence-corrected chi connectivity index (χ1v) is 8.70. The van der Waals surface area contributed by atoms with Gasteiger partial charge in [0.1, 0.15) is 0 Å². The van der Waals surface area contributed by atoms with Gasteiger partial charge in [-0.3, -0.25) is 4.79 Å². The van der Waals surface area contributed by atoms with Gasteiger partial charge in [-0.25, -0.2) is 0 Å². The van der Waals surface area contributed by atoms with Gasteiger partial charge in [-0.1, -0.05) is 24.3 Å². The van der Waals surface area contributed by atoms with Gasteiger partial charge in [-0.05, 0) is 52.7 Å². The van der Waals surface area contributed by atoms with Crippen molar-refractivity contribution in [1.82, 2.24) is 0 Å². The van der Waals surface area contributed by atoms with Crippen LogP contribution >= 0.6 is 0 Å². The van der Waals surface area contributed by atoms with Gasteiger partial charge in [0.15, 0.2) is 28.8 Å². The van der Waals surface area contributed by atoms with E-state index in [-0.39, 0.29) is 5.78 Å². The second-order valence-electron chi connectivity index (χ2n) is 6.08. The van der Waals surface area contributed by atoms with E-state index in [1.165, 1.54) is 0 Å². The molecule has 0 heterocycles. The molecular weight excluding hydrogens is 356 g/mol. The molecule has 3 aromatic carbocycles. The predicted octanol–water partition coefficient (Wildman–Crippen LogP) is 4.77. The molecule has 0 fully saturated rings. The minimum absolute atomic E-state index is 0.0912. The fraction of sp³-hybridized carbons (Fsp3) is 0.174. The predicted molar refractivity (Wildman–Crippen MR) is 110 cm³/mol. The second-order valence-corrected chi connectivity index (χ2v) is 6.08. The van der Waals surface area contributed by atoms with Crippen molar-refractivity contribution in [3.05, 3.63) is 65.7 Å². The summed E-state index contributed by atoms with van der Waals surface area (Å²) in [6.07, 6.45) is 3.30. The van der Waals surface area contributed by atoms with Gasteiger partial charge in [-0.15, -0.1) is 0 Å². The van der Waals surface area contributed by atoms with Crippen molar-refractivity contribution in [3.8, 4) is 23.0 Å². The van der Waals surface area contributed by atoms with Gasteiger partial charge in [0.25, 0.3) is 0 Å². The lowest BCUT2D eigenvalue weighted by Gasteiger charge is -2.09. The fourth-order valence-corrected chi connectivity index (χ4v) is 2.95. The third kappa shape index (κ3) is 3.93. The lowest BCUT2D eigenvalue weighted by molar-refractivity contribution is 0.104. The number of rotatable bonds is 7. The molecule has 0 radical (unpaired) electrons. The normalized spacial score (nSPS) is 10.9. The average Bonchev–Trinajstić information content (AvgIpc) is 2.75. The summed E-state index contributed by atoms with van der Waals surface area (Å²) in [5.74, 6) is 2.45. The van der Waals surface area contributed by atoms with Gasteiger partial charge in [0.2, 0.25) is 0 Å². The smallest absolute Gasteiger partial charge is 0.185 e. The summed E-state index contributed by atoms with van der Waals surface area (Å²) in [6, 6.07) is 14.8. The number of allylic oxidation sites excluding steroid dienone is 1. The largest absolute Gasteiger partial charge is 0.493 e. The lowest BCUT2D eigenvalue weighted by atomic mass is 10.0. The Balaban J connectivity index is 1.88. The molecule has 5 heteroatoms. The van der Waals surface area contributed by atoms with Crippen LogP contribution in [0.4, 0.5) is 0 Å². The third-order valence-electron chi connectivity index (χ3n) is 4.46. The van der Waals surface area contributed by atoms with E-state index in [2.05, 4.69) is 0 Å². The van der Waals surface area contributed by atoms with E-state index in [0.717, 1.165) is 16.3 Å². The van der Waals surface area contributed by atoms with Gasteiger partial charge in [0.05, 0.1) is 28.4 Å². The standard InChI is InChI=1S/C23H22O5/c1-25-20-10-6-15(11-21(20)26-2)5-9-19(24)17-8-7-16-13-22(27-3)23(28-4)14-18(16)12-17/h5-14H,1-4H3/b9-5+. The van der Waals surface area contributed by atoms with Gasteiger partial charge < -0.3 is 18.9 Å². The molecule has 0 aromatic heterocycles. The first kappa shape index (κ1) is 19.3. The van der Waals surface area contributed by atoms with Crippen molar-refractivity contribution in [2.24, 2.45) is 0 Å². The highest BCUT2D eigenvalue weighted by atomic mass is 16.5. The molecule has 0 unspecified atom stereocenters. The van der Waals surface area contributed by atoms with Crippen LogP contribution in [-0.2, 0) is 0 Å². The highest BCUT2D eigenvalue weighted by Crippen LogP contribution is 2.32. The van der Waals surface area contributed by atoms with Crippen molar-refractivity contribution < 1.29 is 23.7 Å². The number of carbonyl (C=O) groups excluding carboxylic acids is 1. The molecule has 3 rings (SSSR count). The van der Waals surface area contributed by atoms with Crippen LogP contribution in [0.25, 0.3) is 16.8 Å².